The van der Waals surface area contributed by atoms with Gasteiger partial charge in [0.15, 0.2) is 0 Å². The predicted octanol–water partition coefficient (Wildman–Crippen LogP) is 3.40. The Labute approximate surface area is 128 Å². The van der Waals surface area contributed by atoms with Crippen molar-refractivity contribution in [2.75, 3.05) is 6.61 Å². The van der Waals surface area contributed by atoms with Crippen molar-refractivity contribution in [3.8, 4) is 29.8 Å². The highest BCUT2D eigenvalue weighted by Crippen LogP contribution is 2.28. The summed E-state index contributed by atoms with van der Waals surface area (Å²) in [5.41, 5.74) is 0. The molecule has 2 rings (SSSR count). The molecule has 0 atom stereocenters. The van der Waals surface area contributed by atoms with Gasteiger partial charge in [-0.1, -0.05) is 0 Å². The van der Waals surface area contributed by atoms with Gasteiger partial charge in [-0.25, -0.2) is 0 Å². The lowest BCUT2D eigenvalue weighted by Crippen LogP contribution is -1.99. The zero-order chi connectivity index (χ0) is 15.6. The Hall–Kier alpha value is -3.12. The van der Waals surface area contributed by atoms with Gasteiger partial charge in [0.1, 0.15) is 23.0 Å². The third kappa shape index (κ3) is 4.77. The molecule has 0 aliphatic rings. The van der Waals surface area contributed by atoms with Crippen LogP contribution in [-0.2, 0) is 6.42 Å². The minimum atomic E-state index is 0.265. The van der Waals surface area contributed by atoms with E-state index in [1.165, 1.54) is 6.07 Å². The van der Waals surface area contributed by atoms with E-state index in [9.17, 15) is 0 Å². The molecular formula is C16H14N2O4. The van der Waals surface area contributed by atoms with Gasteiger partial charge in [0.05, 0.1) is 12.9 Å². The fraction of sp³-hybridized carbons (Fsp3) is 0.250. The zero-order valence-corrected chi connectivity index (χ0v) is 11.8. The summed E-state index contributed by atoms with van der Waals surface area (Å²) in [4.78, 5) is 0. The molecule has 1 heterocycles. The highest BCUT2D eigenvalue weighted by Gasteiger charge is 2.05. The molecular weight excluding hydrogens is 284 g/mol. The van der Waals surface area contributed by atoms with E-state index in [-0.39, 0.29) is 11.5 Å². The van der Waals surface area contributed by atoms with Crippen LogP contribution in [0.25, 0.3) is 0 Å². The molecule has 2 aromatic rings. The molecule has 0 aliphatic carbocycles. The summed E-state index contributed by atoms with van der Waals surface area (Å²) in [7, 11) is 0. The van der Waals surface area contributed by atoms with Crippen molar-refractivity contribution < 1.29 is 18.6 Å². The zero-order valence-electron chi connectivity index (χ0n) is 11.8. The van der Waals surface area contributed by atoms with E-state index in [0.717, 1.165) is 25.0 Å². The first-order valence-electron chi connectivity index (χ1n) is 6.74. The third-order valence-corrected chi connectivity index (χ3v) is 2.85. The summed E-state index contributed by atoms with van der Waals surface area (Å²) in [6.07, 6.45) is 7.43. The van der Waals surface area contributed by atoms with Crippen LogP contribution in [0, 0.1) is 23.0 Å². The van der Waals surface area contributed by atoms with Gasteiger partial charge in [0.2, 0.25) is 0 Å². The predicted molar refractivity (Wildman–Crippen MR) is 76.1 cm³/mol. The number of nitriles is 2. The van der Waals surface area contributed by atoms with Gasteiger partial charge in [0.25, 0.3) is 12.5 Å². The average molecular weight is 298 g/mol. The lowest BCUT2D eigenvalue weighted by molar-refractivity contribution is 0.302. The molecule has 0 amide bonds. The first-order chi connectivity index (χ1) is 10.8. The first kappa shape index (κ1) is 15.3. The first-order valence-corrected chi connectivity index (χ1v) is 6.74. The molecule has 0 aliphatic heterocycles. The maximum Gasteiger partial charge on any atom is 0.292 e. The maximum absolute atomic E-state index is 8.54. The maximum atomic E-state index is 8.54. The molecule has 0 saturated heterocycles. The molecule has 6 heteroatoms. The van der Waals surface area contributed by atoms with Crippen molar-refractivity contribution in [3.63, 3.8) is 0 Å². The lowest BCUT2D eigenvalue weighted by atomic mass is 10.2. The van der Waals surface area contributed by atoms with Crippen LogP contribution in [0.5, 0.6) is 17.2 Å². The van der Waals surface area contributed by atoms with Gasteiger partial charge < -0.3 is 18.6 Å². The summed E-state index contributed by atoms with van der Waals surface area (Å²) in [6.45, 7) is 0.503. The monoisotopic (exact) mass is 298 g/mol. The van der Waals surface area contributed by atoms with E-state index in [1.807, 2.05) is 12.1 Å². The molecule has 1 aromatic carbocycles. The van der Waals surface area contributed by atoms with Crippen molar-refractivity contribution in [1.82, 2.24) is 0 Å². The number of hydrogen-bond acceptors (Lipinski definition) is 6. The van der Waals surface area contributed by atoms with E-state index in [1.54, 1.807) is 30.9 Å². The summed E-state index contributed by atoms with van der Waals surface area (Å²) < 4.78 is 20.3. The fourth-order valence-electron chi connectivity index (χ4n) is 1.90. The Morgan fingerprint density at radius 3 is 2.23 bits per heavy atom. The molecule has 0 saturated carbocycles. The van der Waals surface area contributed by atoms with E-state index >= 15 is 0 Å². The van der Waals surface area contributed by atoms with Crippen LogP contribution in [0.4, 0.5) is 0 Å². The highest BCUT2D eigenvalue weighted by atomic mass is 16.5. The van der Waals surface area contributed by atoms with E-state index in [2.05, 4.69) is 0 Å². The molecule has 6 nitrogen and oxygen atoms in total. The normalized spacial score (nSPS) is 9.55. The second kappa shape index (κ2) is 8.23. The number of rotatable bonds is 8. The van der Waals surface area contributed by atoms with E-state index in [4.69, 9.17) is 29.2 Å². The molecule has 22 heavy (non-hydrogen) atoms. The van der Waals surface area contributed by atoms with Crippen molar-refractivity contribution in [1.29, 1.82) is 10.5 Å². The quantitative estimate of drug-likeness (QED) is 0.548. The highest BCUT2D eigenvalue weighted by molar-refractivity contribution is 5.42. The SMILES string of the molecule is N#COc1cc(OC#N)cc(OCCCCc2ccco2)c1. The Balaban J connectivity index is 1.83. The van der Waals surface area contributed by atoms with Crippen LogP contribution in [0.2, 0.25) is 0 Å². The van der Waals surface area contributed by atoms with Crippen LogP contribution in [0.15, 0.2) is 41.0 Å². The molecule has 112 valence electrons. The van der Waals surface area contributed by atoms with Gasteiger partial charge in [-0.3, -0.25) is 0 Å². The molecule has 0 radical (unpaired) electrons. The third-order valence-electron chi connectivity index (χ3n) is 2.85. The molecule has 0 fully saturated rings. The van der Waals surface area contributed by atoms with E-state index < -0.39 is 0 Å². The largest absolute Gasteiger partial charge is 0.493 e. The Kier molecular flexibility index (Phi) is 5.71. The number of benzene rings is 1. The topological polar surface area (TPSA) is 88.4 Å². The molecule has 0 spiro atoms. The smallest absolute Gasteiger partial charge is 0.292 e. The Bertz CT molecular complexity index is 634. The summed E-state index contributed by atoms with van der Waals surface area (Å²) in [5, 5.41) is 17.1. The summed E-state index contributed by atoms with van der Waals surface area (Å²) in [6, 6.07) is 8.38. The minimum Gasteiger partial charge on any atom is -0.493 e. The van der Waals surface area contributed by atoms with Crippen molar-refractivity contribution >= 4 is 0 Å². The van der Waals surface area contributed by atoms with Crippen LogP contribution in [0.1, 0.15) is 18.6 Å². The second-order valence-electron chi connectivity index (χ2n) is 4.41. The van der Waals surface area contributed by atoms with Crippen LogP contribution >= 0.6 is 0 Å². The number of nitrogens with zero attached hydrogens (tertiary/aromatic N) is 2. The average Bonchev–Trinajstić information content (AvgIpc) is 3.01. The van der Waals surface area contributed by atoms with Crippen molar-refractivity contribution in [2.45, 2.75) is 19.3 Å². The number of hydrogen-bond donors (Lipinski definition) is 0. The van der Waals surface area contributed by atoms with Gasteiger partial charge in [-0.2, -0.15) is 0 Å². The summed E-state index contributed by atoms with van der Waals surface area (Å²) in [5.74, 6) is 1.96. The van der Waals surface area contributed by atoms with Crippen molar-refractivity contribution in [3.05, 3.63) is 42.4 Å². The van der Waals surface area contributed by atoms with Gasteiger partial charge in [-0.15, -0.1) is 10.5 Å². The molecule has 1 aromatic heterocycles. The van der Waals surface area contributed by atoms with E-state index in [0.29, 0.717) is 12.4 Å². The van der Waals surface area contributed by atoms with Crippen molar-refractivity contribution in [2.24, 2.45) is 0 Å². The molecule has 0 bridgehead atoms. The molecule has 0 N–H and O–H groups in total. The minimum absolute atomic E-state index is 0.265. The Morgan fingerprint density at radius 2 is 1.64 bits per heavy atom. The lowest BCUT2D eigenvalue weighted by Gasteiger charge is -2.08. The Morgan fingerprint density at radius 1 is 0.955 bits per heavy atom. The number of furan rings is 1. The fourth-order valence-corrected chi connectivity index (χ4v) is 1.90. The number of aryl methyl sites for hydroxylation is 1. The molecule has 0 unspecified atom stereocenters. The van der Waals surface area contributed by atoms with Crippen LogP contribution in [-0.4, -0.2) is 6.61 Å². The van der Waals surface area contributed by atoms with Crippen LogP contribution < -0.4 is 14.2 Å². The number of unbranched alkanes of at least 4 members (excludes halogenated alkanes) is 1. The number of ether oxygens (including phenoxy) is 3. The van der Waals surface area contributed by atoms with Gasteiger partial charge in [-0.05, 0) is 25.0 Å². The van der Waals surface area contributed by atoms with Gasteiger partial charge >= 0.3 is 0 Å². The summed E-state index contributed by atoms with van der Waals surface area (Å²) >= 11 is 0. The van der Waals surface area contributed by atoms with Crippen LogP contribution in [0.3, 0.4) is 0 Å². The standard InChI is InChI=1S/C16H14N2O4/c17-11-21-15-8-14(9-16(10-15)22-12-18)20-6-2-1-4-13-5-3-7-19-13/h3,5,7-10H,1-2,4,6H2. The van der Waals surface area contributed by atoms with Gasteiger partial charge in [0, 0.05) is 24.6 Å². The second-order valence-corrected chi connectivity index (χ2v) is 4.41.